The summed E-state index contributed by atoms with van der Waals surface area (Å²) < 4.78 is 34.9. The van der Waals surface area contributed by atoms with Gasteiger partial charge in [0, 0.05) is 52.0 Å². The van der Waals surface area contributed by atoms with Gasteiger partial charge in [-0.25, -0.2) is 8.42 Å². The summed E-state index contributed by atoms with van der Waals surface area (Å²) in [7, 11) is -4.01. The third kappa shape index (κ3) is 6.72. The van der Waals surface area contributed by atoms with Crippen molar-refractivity contribution in [1.29, 1.82) is 10.8 Å². The van der Waals surface area contributed by atoms with Crippen LogP contribution in [0.25, 0.3) is 0 Å². The maximum atomic E-state index is 13.8. The third-order valence-corrected chi connectivity index (χ3v) is 8.92. The number of hydrogen-bond acceptors (Lipinski definition) is 6. The summed E-state index contributed by atoms with van der Waals surface area (Å²) in [6, 6.07) is 11.6. The van der Waals surface area contributed by atoms with E-state index in [2.05, 4.69) is 0 Å². The number of carboxylic acids is 1. The van der Waals surface area contributed by atoms with Crippen molar-refractivity contribution in [3.05, 3.63) is 53.6 Å². The maximum Gasteiger partial charge on any atom is 0.303 e. The first-order valence-electron chi connectivity index (χ1n) is 12.9. The van der Waals surface area contributed by atoms with E-state index in [-0.39, 0.29) is 42.3 Å². The number of aliphatic carboxylic acids is 1. The molecule has 4 rings (SSSR count). The molecule has 1 saturated heterocycles. The van der Waals surface area contributed by atoms with Crippen LogP contribution in [-0.2, 0) is 27.8 Å². The second-order valence-electron chi connectivity index (χ2n) is 9.75. The summed E-state index contributed by atoms with van der Waals surface area (Å²) in [5, 5.41) is 24.4. The van der Waals surface area contributed by atoms with Gasteiger partial charge in [0.15, 0.2) is 11.9 Å². The molecule has 0 radical (unpaired) electrons. The van der Waals surface area contributed by atoms with Crippen LogP contribution >= 0.6 is 0 Å². The van der Waals surface area contributed by atoms with Crippen LogP contribution in [0.4, 0.5) is 5.69 Å². The molecule has 0 spiro atoms. The van der Waals surface area contributed by atoms with Crippen molar-refractivity contribution >= 4 is 33.6 Å². The Balaban J connectivity index is 1.54. The number of fused-ring (bicyclic) bond motifs is 1. The molecule has 2 heterocycles. The first-order chi connectivity index (χ1) is 18.5. The highest BCUT2D eigenvalue weighted by Gasteiger charge is 2.27. The molecule has 0 aromatic heterocycles. The lowest BCUT2D eigenvalue weighted by Gasteiger charge is -2.32. The molecule has 2 aliphatic heterocycles. The molecule has 12 nitrogen and oxygen atoms in total. The van der Waals surface area contributed by atoms with Crippen molar-refractivity contribution in [1.82, 2.24) is 9.80 Å². The zero-order valence-electron chi connectivity index (χ0n) is 21.7. The Kier molecular flexibility index (Phi) is 8.48. The average molecular weight is 558 g/mol. The van der Waals surface area contributed by atoms with Crippen molar-refractivity contribution in [3.63, 3.8) is 0 Å². The number of sulfonamides is 1. The smallest absolute Gasteiger partial charge is 0.303 e. The Morgan fingerprint density at radius 2 is 1.67 bits per heavy atom. The van der Waals surface area contributed by atoms with Crippen LogP contribution in [0.2, 0.25) is 0 Å². The summed E-state index contributed by atoms with van der Waals surface area (Å²) in [5.74, 6) is -0.439. The van der Waals surface area contributed by atoms with Gasteiger partial charge in [-0.3, -0.25) is 19.9 Å². The zero-order valence-corrected chi connectivity index (χ0v) is 22.5. The van der Waals surface area contributed by atoms with Gasteiger partial charge in [-0.05, 0) is 60.4 Å². The number of likely N-dealkylation sites (tertiary alicyclic amines) is 1. The van der Waals surface area contributed by atoms with E-state index in [1.165, 1.54) is 16.4 Å². The molecule has 39 heavy (non-hydrogen) atoms. The van der Waals surface area contributed by atoms with Crippen molar-refractivity contribution in [2.24, 2.45) is 11.5 Å². The molecule has 1 fully saturated rings. The number of carboxylic acid groups (broad SMARTS) is 1. The number of nitrogens with one attached hydrogen (secondary N) is 2. The van der Waals surface area contributed by atoms with Crippen molar-refractivity contribution in [2.75, 3.05) is 30.5 Å². The zero-order chi connectivity index (χ0) is 28.2. The number of benzene rings is 2. The second-order valence-corrected chi connectivity index (χ2v) is 11.6. The fourth-order valence-corrected chi connectivity index (χ4v) is 6.39. The van der Waals surface area contributed by atoms with Crippen molar-refractivity contribution in [3.8, 4) is 5.75 Å². The van der Waals surface area contributed by atoms with Gasteiger partial charge < -0.3 is 31.1 Å². The van der Waals surface area contributed by atoms with Gasteiger partial charge in [-0.2, -0.15) is 0 Å². The first kappa shape index (κ1) is 28.0. The molecule has 13 heteroatoms. The predicted molar refractivity (Wildman–Crippen MR) is 147 cm³/mol. The van der Waals surface area contributed by atoms with E-state index < -0.39 is 16.0 Å². The van der Waals surface area contributed by atoms with Crippen molar-refractivity contribution in [2.45, 2.75) is 49.6 Å². The van der Waals surface area contributed by atoms with E-state index in [1.807, 2.05) is 6.07 Å². The number of nitrogens with zero attached hydrogens (tertiary/aromatic N) is 3. The van der Waals surface area contributed by atoms with E-state index in [0.29, 0.717) is 56.9 Å². The number of guanidine groups is 2. The number of nitrogens with two attached hydrogens (primary N) is 2. The van der Waals surface area contributed by atoms with Gasteiger partial charge in [0.25, 0.3) is 10.0 Å². The summed E-state index contributed by atoms with van der Waals surface area (Å²) in [6.45, 7) is 2.27. The fraction of sp³-hybridized carbons (Fsp3) is 0.423. The van der Waals surface area contributed by atoms with Crippen LogP contribution < -0.4 is 20.5 Å². The predicted octanol–water partition coefficient (Wildman–Crippen LogP) is 1.73. The minimum atomic E-state index is -4.01. The Morgan fingerprint density at radius 1 is 1.00 bits per heavy atom. The molecule has 0 amide bonds. The summed E-state index contributed by atoms with van der Waals surface area (Å²) in [5.41, 5.74) is 13.6. The lowest BCUT2D eigenvalue weighted by molar-refractivity contribution is -0.137. The van der Waals surface area contributed by atoms with Crippen LogP contribution in [-0.4, -0.2) is 73.5 Å². The van der Waals surface area contributed by atoms with Gasteiger partial charge in [0.1, 0.15) is 11.9 Å². The Hall–Kier alpha value is -4.00. The van der Waals surface area contributed by atoms with Gasteiger partial charge in [0.2, 0.25) is 0 Å². The number of carbonyl (C=O) groups is 1. The summed E-state index contributed by atoms with van der Waals surface area (Å²) >= 11 is 0. The number of piperidine rings is 1. The topological polar surface area (TPSA) is 190 Å². The minimum Gasteiger partial charge on any atom is -0.490 e. The summed E-state index contributed by atoms with van der Waals surface area (Å²) in [6.07, 6.45) is 2.03. The Morgan fingerprint density at radius 3 is 2.28 bits per heavy atom. The highest BCUT2D eigenvalue weighted by atomic mass is 32.2. The largest absolute Gasteiger partial charge is 0.490 e. The van der Waals surface area contributed by atoms with E-state index in [0.717, 1.165) is 11.1 Å². The molecule has 0 bridgehead atoms. The summed E-state index contributed by atoms with van der Waals surface area (Å²) in [4.78, 5) is 14.7. The fourth-order valence-electron chi connectivity index (χ4n) is 4.89. The van der Waals surface area contributed by atoms with Crippen LogP contribution in [0.15, 0.2) is 47.4 Å². The van der Waals surface area contributed by atoms with Crippen LogP contribution in [0, 0.1) is 10.8 Å². The minimum absolute atomic E-state index is 0.00316. The lowest BCUT2D eigenvalue weighted by atomic mass is 9.99. The average Bonchev–Trinajstić information content (AvgIpc) is 2.91. The third-order valence-electron chi connectivity index (χ3n) is 7.08. The van der Waals surface area contributed by atoms with Crippen molar-refractivity contribution < 1.29 is 23.1 Å². The van der Waals surface area contributed by atoms with E-state index in [1.54, 1.807) is 34.1 Å². The van der Waals surface area contributed by atoms with Gasteiger partial charge in [-0.1, -0.05) is 6.07 Å². The molecular formula is C26H35N7O5S. The number of hydrogen-bond donors (Lipinski definition) is 5. The van der Waals surface area contributed by atoms with E-state index in [4.69, 9.17) is 32.1 Å². The normalized spacial score (nSPS) is 15.9. The van der Waals surface area contributed by atoms with Crippen LogP contribution in [0.1, 0.15) is 36.8 Å². The van der Waals surface area contributed by atoms with E-state index in [9.17, 15) is 13.2 Å². The quantitative estimate of drug-likeness (QED) is 0.226. The monoisotopic (exact) mass is 557 g/mol. The molecule has 0 saturated carbocycles. The molecule has 210 valence electrons. The van der Waals surface area contributed by atoms with Crippen LogP contribution in [0.3, 0.4) is 0 Å². The molecule has 7 N–H and O–H groups in total. The van der Waals surface area contributed by atoms with Gasteiger partial charge in [-0.15, -0.1) is 0 Å². The van der Waals surface area contributed by atoms with E-state index >= 15 is 0 Å². The molecule has 0 atom stereocenters. The Labute approximate surface area is 228 Å². The molecular weight excluding hydrogens is 522 g/mol. The SMILES string of the molecule is N=C(N)N1CCC(Oc2ccc(S(=O)(=O)N(CCCC(=O)O)c3ccc4c(c3)CN(C(=N)N)CC4)cc2)CC1. The van der Waals surface area contributed by atoms with Gasteiger partial charge in [0.05, 0.1) is 10.6 Å². The molecule has 0 aliphatic carbocycles. The highest BCUT2D eigenvalue weighted by Crippen LogP contribution is 2.30. The number of anilines is 1. The molecule has 2 aliphatic rings. The lowest BCUT2D eigenvalue weighted by Crippen LogP contribution is -2.44. The number of ether oxygens (including phenoxy) is 1. The maximum absolute atomic E-state index is 13.8. The molecule has 0 unspecified atom stereocenters. The Bertz CT molecular complexity index is 1320. The highest BCUT2D eigenvalue weighted by molar-refractivity contribution is 7.92. The molecule has 2 aromatic rings. The number of rotatable bonds is 9. The van der Waals surface area contributed by atoms with Crippen LogP contribution in [0.5, 0.6) is 5.75 Å². The molecule has 2 aromatic carbocycles. The second kappa shape index (κ2) is 11.8. The standard InChI is InChI=1S/C26H35N7O5S/c27-25(28)31-14-10-22(11-15-31)38-21-5-7-23(8-6-21)39(36,37)33(12-1-2-24(34)35)20-4-3-18-9-13-32(26(29)30)17-19(18)16-20/h3-8,16,22H,1-2,9-15,17H2,(H3,27,28)(H3,29,30)(H,34,35). The first-order valence-corrected chi connectivity index (χ1v) is 14.3. The van der Waals surface area contributed by atoms with Gasteiger partial charge >= 0.3 is 5.97 Å².